The van der Waals surface area contributed by atoms with Gasteiger partial charge in [-0.1, -0.05) is 85.6 Å². The molecule has 2 fully saturated rings. The topological polar surface area (TPSA) is 93.1 Å². The van der Waals surface area contributed by atoms with Crippen molar-refractivity contribution in [1.82, 2.24) is 0 Å². The Balaban J connectivity index is 1.22. The van der Waals surface area contributed by atoms with Crippen LogP contribution in [0.5, 0.6) is 11.5 Å². The number of hydrogen-bond donors (Lipinski definition) is 2. The number of fused-ring (bicyclic) bond motifs is 2. The molecule has 6 aromatic carbocycles. The standard InChI is InChI=1S/C44H42O6S/c45-39-13-5-7-15-43(39)49-41-23-21-35(27-37(41)33-19-17-29-9-1-3-11-31(29)25-33)51(47,48)36-22-24-42(50-44-16-8-6-14-40(44)46)38(28-36)34-20-18-30-10-2-4-12-32(30)26-34/h1-4,9-12,17-28,39-40,43-46H,5-8,13-16H2. The Morgan fingerprint density at radius 2 is 0.882 bits per heavy atom. The second kappa shape index (κ2) is 14.1. The zero-order valence-electron chi connectivity index (χ0n) is 28.4. The van der Waals surface area contributed by atoms with Crippen LogP contribution in [0.15, 0.2) is 131 Å². The van der Waals surface area contributed by atoms with E-state index in [4.69, 9.17) is 9.47 Å². The van der Waals surface area contributed by atoms with Crippen molar-refractivity contribution in [3.8, 4) is 33.8 Å². The predicted octanol–water partition coefficient (Wildman–Crippen LogP) is 9.52. The molecule has 0 aliphatic heterocycles. The fourth-order valence-corrected chi connectivity index (χ4v) is 8.93. The summed E-state index contributed by atoms with van der Waals surface area (Å²) in [4.78, 5) is 0.283. The van der Waals surface area contributed by atoms with Gasteiger partial charge in [-0.25, -0.2) is 8.42 Å². The van der Waals surface area contributed by atoms with Crippen LogP contribution in [0.4, 0.5) is 0 Å². The maximum Gasteiger partial charge on any atom is 0.206 e. The number of aliphatic hydroxyl groups excluding tert-OH is 2. The van der Waals surface area contributed by atoms with E-state index in [1.807, 2.05) is 72.8 Å². The molecule has 2 aliphatic rings. The molecule has 51 heavy (non-hydrogen) atoms. The highest BCUT2D eigenvalue weighted by molar-refractivity contribution is 7.91. The van der Waals surface area contributed by atoms with Crippen LogP contribution in [0.25, 0.3) is 43.8 Å². The summed E-state index contributed by atoms with van der Waals surface area (Å²) in [6.07, 6.45) is 4.83. The molecule has 6 aromatic rings. The molecule has 0 radical (unpaired) electrons. The molecule has 2 N–H and O–H groups in total. The summed E-state index contributed by atoms with van der Waals surface area (Å²) in [5.74, 6) is 1.09. The van der Waals surface area contributed by atoms with Crippen LogP contribution >= 0.6 is 0 Å². The molecule has 6 nitrogen and oxygen atoms in total. The fraction of sp³-hybridized carbons (Fsp3) is 0.273. The summed E-state index contributed by atoms with van der Waals surface area (Å²) in [6.45, 7) is 0. The van der Waals surface area contributed by atoms with E-state index >= 15 is 0 Å². The van der Waals surface area contributed by atoms with Crippen LogP contribution < -0.4 is 9.47 Å². The Bertz CT molecular complexity index is 2160. The minimum absolute atomic E-state index is 0.142. The summed E-state index contributed by atoms with van der Waals surface area (Å²) in [5.41, 5.74) is 2.97. The van der Waals surface area contributed by atoms with E-state index in [1.54, 1.807) is 36.4 Å². The van der Waals surface area contributed by atoms with Crippen molar-refractivity contribution in [1.29, 1.82) is 0 Å². The number of benzene rings is 6. The van der Waals surface area contributed by atoms with Gasteiger partial charge < -0.3 is 19.7 Å². The molecular weight excluding hydrogens is 657 g/mol. The van der Waals surface area contributed by atoms with Gasteiger partial charge in [0.1, 0.15) is 23.7 Å². The molecule has 0 spiro atoms. The van der Waals surface area contributed by atoms with Crippen LogP contribution in [-0.4, -0.2) is 43.0 Å². The van der Waals surface area contributed by atoms with E-state index < -0.39 is 22.0 Å². The Morgan fingerprint density at radius 3 is 1.31 bits per heavy atom. The molecule has 260 valence electrons. The Kier molecular flexibility index (Phi) is 9.28. The van der Waals surface area contributed by atoms with Gasteiger partial charge in [-0.15, -0.1) is 0 Å². The zero-order valence-corrected chi connectivity index (χ0v) is 29.3. The molecule has 0 aromatic heterocycles. The molecule has 2 aliphatic carbocycles. The lowest BCUT2D eigenvalue weighted by Gasteiger charge is -2.29. The van der Waals surface area contributed by atoms with Gasteiger partial charge in [0, 0.05) is 11.1 Å². The van der Waals surface area contributed by atoms with Crippen LogP contribution in [0.2, 0.25) is 0 Å². The zero-order chi connectivity index (χ0) is 35.0. The lowest BCUT2D eigenvalue weighted by atomic mass is 9.94. The van der Waals surface area contributed by atoms with Crippen molar-refractivity contribution >= 4 is 31.4 Å². The SMILES string of the molecule is O=S(=O)(c1ccc(OC2CCCCC2O)c(-c2ccc3ccccc3c2)c1)c1ccc(OC2CCCCC2O)c(-c2ccc3ccccc3c2)c1. The molecule has 0 heterocycles. The summed E-state index contributed by atoms with van der Waals surface area (Å²) in [7, 11) is -4.02. The first-order valence-corrected chi connectivity index (χ1v) is 19.5. The number of ether oxygens (including phenoxy) is 2. The lowest BCUT2D eigenvalue weighted by molar-refractivity contribution is 0.00714. The highest BCUT2D eigenvalue weighted by Gasteiger charge is 2.29. The number of hydrogen-bond acceptors (Lipinski definition) is 6. The summed E-state index contributed by atoms with van der Waals surface area (Å²) in [5, 5.41) is 25.7. The Hall–Kier alpha value is -4.69. The average molecular weight is 699 g/mol. The third-order valence-electron chi connectivity index (χ3n) is 10.5. The molecule has 8 rings (SSSR count). The maximum atomic E-state index is 14.6. The first kappa shape index (κ1) is 33.5. The van der Waals surface area contributed by atoms with Gasteiger partial charge in [-0.2, -0.15) is 0 Å². The van der Waals surface area contributed by atoms with Gasteiger partial charge in [0.15, 0.2) is 0 Å². The van der Waals surface area contributed by atoms with Gasteiger partial charge in [-0.05, 0) is 120 Å². The van der Waals surface area contributed by atoms with Crippen molar-refractivity contribution < 1.29 is 28.1 Å². The molecule has 0 saturated heterocycles. The van der Waals surface area contributed by atoms with E-state index in [0.29, 0.717) is 35.5 Å². The fourth-order valence-electron chi connectivity index (χ4n) is 7.61. The van der Waals surface area contributed by atoms with Crippen LogP contribution in [-0.2, 0) is 9.84 Å². The minimum Gasteiger partial charge on any atom is -0.487 e. The van der Waals surface area contributed by atoms with Crippen molar-refractivity contribution in [3.63, 3.8) is 0 Å². The van der Waals surface area contributed by atoms with Gasteiger partial charge in [0.2, 0.25) is 9.84 Å². The molecule has 0 amide bonds. The van der Waals surface area contributed by atoms with Gasteiger partial charge >= 0.3 is 0 Å². The third-order valence-corrected chi connectivity index (χ3v) is 12.3. The lowest BCUT2D eigenvalue weighted by Crippen LogP contribution is -2.34. The van der Waals surface area contributed by atoms with E-state index in [1.165, 1.54) is 0 Å². The highest BCUT2D eigenvalue weighted by atomic mass is 32.2. The van der Waals surface area contributed by atoms with Crippen LogP contribution in [0.3, 0.4) is 0 Å². The molecule has 2 saturated carbocycles. The third kappa shape index (κ3) is 6.86. The Morgan fingerprint density at radius 1 is 0.471 bits per heavy atom. The van der Waals surface area contributed by atoms with Gasteiger partial charge in [-0.3, -0.25) is 0 Å². The highest BCUT2D eigenvalue weighted by Crippen LogP contribution is 2.40. The van der Waals surface area contributed by atoms with E-state index in [9.17, 15) is 18.6 Å². The first-order chi connectivity index (χ1) is 24.8. The summed E-state index contributed by atoms with van der Waals surface area (Å²) < 4.78 is 42.1. The summed E-state index contributed by atoms with van der Waals surface area (Å²) in [6, 6.07) is 38.3. The molecule has 4 atom stereocenters. The number of sulfone groups is 1. The number of rotatable bonds is 8. The smallest absolute Gasteiger partial charge is 0.206 e. The average Bonchev–Trinajstić information content (AvgIpc) is 3.16. The first-order valence-electron chi connectivity index (χ1n) is 18.0. The second-order valence-electron chi connectivity index (χ2n) is 14.0. The maximum absolute atomic E-state index is 14.6. The monoisotopic (exact) mass is 698 g/mol. The Labute approximate surface area is 299 Å². The van der Waals surface area contributed by atoms with Gasteiger partial charge in [0.05, 0.1) is 22.0 Å². The van der Waals surface area contributed by atoms with E-state index in [-0.39, 0.29) is 22.0 Å². The predicted molar refractivity (Wildman–Crippen MR) is 202 cm³/mol. The van der Waals surface area contributed by atoms with Crippen LogP contribution in [0, 0.1) is 0 Å². The normalized spacial score (nSPS) is 21.1. The van der Waals surface area contributed by atoms with Crippen molar-refractivity contribution in [2.75, 3.05) is 0 Å². The van der Waals surface area contributed by atoms with Crippen molar-refractivity contribution in [2.45, 2.75) is 85.6 Å². The molecule has 0 bridgehead atoms. The number of aliphatic hydroxyl groups is 2. The van der Waals surface area contributed by atoms with E-state index in [0.717, 1.165) is 71.2 Å². The minimum atomic E-state index is -4.02. The van der Waals surface area contributed by atoms with E-state index in [2.05, 4.69) is 12.1 Å². The quantitative estimate of drug-likeness (QED) is 0.165. The molecule has 7 heteroatoms. The second-order valence-corrected chi connectivity index (χ2v) is 15.9. The van der Waals surface area contributed by atoms with Gasteiger partial charge in [0.25, 0.3) is 0 Å². The van der Waals surface area contributed by atoms with Crippen molar-refractivity contribution in [3.05, 3.63) is 121 Å². The summed E-state index contributed by atoms with van der Waals surface area (Å²) >= 11 is 0. The van der Waals surface area contributed by atoms with Crippen LogP contribution in [0.1, 0.15) is 51.4 Å². The van der Waals surface area contributed by atoms with Crippen molar-refractivity contribution in [2.24, 2.45) is 0 Å². The molecule has 4 unspecified atom stereocenters. The largest absolute Gasteiger partial charge is 0.487 e. The molecular formula is C44H42O6S.